The summed E-state index contributed by atoms with van der Waals surface area (Å²) in [6.45, 7) is 8.00. The molecule has 0 fully saturated rings. The van der Waals surface area contributed by atoms with E-state index >= 15 is 0 Å². The lowest BCUT2D eigenvalue weighted by molar-refractivity contribution is 0.494. The highest BCUT2D eigenvalue weighted by molar-refractivity contribution is 5.19. The Morgan fingerprint density at radius 2 is 2.05 bits per heavy atom. The zero-order valence-electron chi connectivity index (χ0n) is 13.1. The van der Waals surface area contributed by atoms with Crippen molar-refractivity contribution < 1.29 is 4.39 Å². The van der Waals surface area contributed by atoms with Crippen molar-refractivity contribution >= 4 is 0 Å². The molecule has 0 bridgehead atoms. The number of hydrogen-bond acceptors (Lipinski definition) is 2. The summed E-state index contributed by atoms with van der Waals surface area (Å²) in [7, 11) is 0. The molecule has 0 aliphatic rings. The maximum atomic E-state index is 13.3. The third kappa shape index (κ3) is 4.39. The molecular weight excluding hydrogens is 265 g/mol. The van der Waals surface area contributed by atoms with Gasteiger partial charge in [-0.25, -0.2) is 4.39 Å². The second-order valence-electron chi connectivity index (χ2n) is 5.39. The molecule has 0 saturated carbocycles. The number of rotatable bonds is 7. The van der Waals surface area contributed by atoms with E-state index in [0.29, 0.717) is 0 Å². The number of aromatic nitrogens is 2. The molecule has 0 aliphatic carbocycles. The van der Waals surface area contributed by atoms with Crippen molar-refractivity contribution in [2.75, 3.05) is 6.54 Å². The third-order valence-electron chi connectivity index (χ3n) is 3.60. The lowest BCUT2D eigenvalue weighted by Gasteiger charge is -2.18. The first kappa shape index (κ1) is 15.7. The minimum absolute atomic E-state index is 0.169. The Morgan fingerprint density at radius 3 is 2.71 bits per heavy atom. The van der Waals surface area contributed by atoms with Gasteiger partial charge in [0, 0.05) is 24.7 Å². The fourth-order valence-electron chi connectivity index (χ4n) is 2.74. The first-order chi connectivity index (χ1) is 10.1. The lowest BCUT2D eigenvalue weighted by atomic mass is 10.0. The fraction of sp³-hybridized carbons (Fsp3) is 0.471. The van der Waals surface area contributed by atoms with Crippen LogP contribution in [0.5, 0.6) is 0 Å². The Morgan fingerprint density at radius 1 is 1.24 bits per heavy atom. The highest BCUT2D eigenvalue weighted by Gasteiger charge is 2.13. The number of nitrogens with one attached hydrogen (secondary N) is 1. The predicted octanol–water partition coefficient (Wildman–Crippen LogP) is 3.11. The van der Waals surface area contributed by atoms with Crippen LogP contribution in [-0.2, 0) is 19.4 Å². The number of hydrogen-bond donors (Lipinski definition) is 1. The van der Waals surface area contributed by atoms with E-state index in [-0.39, 0.29) is 11.9 Å². The Labute approximate surface area is 126 Å². The first-order valence-electron chi connectivity index (χ1n) is 7.63. The summed E-state index contributed by atoms with van der Waals surface area (Å²) in [6, 6.07) is 9.29. The average Bonchev–Trinajstić information content (AvgIpc) is 2.79. The van der Waals surface area contributed by atoms with Gasteiger partial charge in [0.15, 0.2) is 0 Å². The molecule has 4 heteroatoms. The highest BCUT2D eigenvalue weighted by atomic mass is 19.1. The predicted molar refractivity (Wildman–Crippen MR) is 83.9 cm³/mol. The van der Waals surface area contributed by atoms with E-state index in [1.807, 2.05) is 17.7 Å². The van der Waals surface area contributed by atoms with Gasteiger partial charge in [-0.1, -0.05) is 19.1 Å². The van der Waals surface area contributed by atoms with Gasteiger partial charge in [-0.2, -0.15) is 5.10 Å². The van der Waals surface area contributed by atoms with Crippen LogP contribution in [0.3, 0.4) is 0 Å². The van der Waals surface area contributed by atoms with Gasteiger partial charge < -0.3 is 5.32 Å². The standard InChI is InChI=1S/C17H24FN3/c1-4-19-16(11-14-7-6-8-15(18)10-14)12-17-9-13(3)20-21(17)5-2/h6-10,16,19H,4-5,11-12H2,1-3H3. The van der Waals surface area contributed by atoms with E-state index in [4.69, 9.17) is 0 Å². The Balaban J connectivity index is 2.11. The SMILES string of the molecule is CCNC(Cc1cccc(F)c1)Cc1cc(C)nn1CC. The lowest BCUT2D eigenvalue weighted by Crippen LogP contribution is -2.33. The molecule has 1 unspecified atom stereocenters. The van der Waals surface area contributed by atoms with Crippen molar-refractivity contribution in [3.63, 3.8) is 0 Å². The largest absolute Gasteiger partial charge is 0.314 e. The van der Waals surface area contributed by atoms with Gasteiger partial charge in [0.1, 0.15) is 5.82 Å². The van der Waals surface area contributed by atoms with Gasteiger partial charge in [0.25, 0.3) is 0 Å². The van der Waals surface area contributed by atoms with Gasteiger partial charge >= 0.3 is 0 Å². The Hall–Kier alpha value is -1.68. The van der Waals surface area contributed by atoms with Gasteiger partial charge in [0.05, 0.1) is 5.69 Å². The van der Waals surface area contributed by atoms with E-state index in [1.54, 1.807) is 12.1 Å². The topological polar surface area (TPSA) is 29.9 Å². The van der Waals surface area contributed by atoms with E-state index in [9.17, 15) is 4.39 Å². The van der Waals surface area contributed by atoms with Crippen LogP contribution in [0.2, 0.25) is 0 Å². The van der Waals surface area contributed by atoms with Crippen LogP contribution in [-0.4, -0.2) is 22.4 Å². The van der Waals surface area contributed by atoms with E-state index in [1.165, 1.54) is 11.8 Å². The molecule has 2 aromatic rings. The maximum Gasteiger partial charge on any atom is 0.123 e. The monoisotopic (exact) mass is 289 g/mol. The van der Waals surface area contributed by atoms with Gasteiger partial charge in [-0.05, 0) is 50.6 Å². The second-order valence-corrected chi connectivity index (χ2v) is 5.39. The molecule has 1 atom stereocenters. The summed E-state index contributed by atoms with van der Waals surface area (Å²) >= 11 is 0. The van der Waals surface area contributed by atoms with Crippen molar-refractivity contribution in [3.05, 3.63) is 53.1 Å². The van der Waals surface area contributed by atoms with Gasteiger partial charge in [-0.3, -0.25) is 4.68 Å². The van der Waals surface area contributed by atoms with Crippen molar-refractivity contribution in [1.82, 2.24) is 15.1 Å². The Bertz CT molecular complexity index is 577. The molecule has 3 nitrogen and oxygen atoms in total. The van der Waals surface area contributed by atoms with Crippen LogP contribution in [0.15, 0.2) is 30.3 Å². The van der Waals surface area contributed by atoms with E-state index in [2.05, 4.69) is 30.3 Å². The summed E-state index contributed by atoms with van der Waals surface area (Å²) in [4.78, 5) is 0. The number of nitrogens with zero attached hydrogens (tertiary/aromatic N) is 2. The summed E-state index contributed by atoms with van der Waals surface area (Å²) in [5, 5.41) is 7.99. The highest BCUT2D eigenvalue weighted by Crippen LogP contribution is 2.12. The number of halogens is 1. The van der Waals surface area contributed by atoms with Crippen LogP contribution in [0, 0.1) is 12.7 Å². The molecule has 1 aromatic carbocycles. The Kier molecular flexibility index (Phi) is 5.51. The van der Waals surface area contributed by atoms with Crippen LogP contribution in [0.25, 0.3) is 0 Å². The molecule has 2 rings (SSSR count). The zero-order valence-corrected chi connectivity index (χ0v) is 13.1. The van der Waals surface area contributed by atoms with E-state index in [0.717, 1.165) is 37.2 Å². The van der Waals surface area contributed by atoms with Crippen LogP contribution in [0.4, 0.5) is 4.39 Å². The summed E-state index contributed by atoms with van der Waals surface area (Å²) < 4.78 is 15.4. The molecule has 1 heterocycles. The number of benzene rings is 1. The van der Waals surface area contributed by atoms with Gasteiger partial charge in [-0.15, -0.1) is 0 Å². The van der Waals surface area contributed by atoms with Gasteiger partial charge in [0.2, 0.25) is 0 Å². The smallest absolute Gasteiger partial charge is 0.123 e. The molecule has 0 saturated heterocycles. The molecule has 0 amide bonds. The van der Waals surface area contributed by atoms with Crippen molar-refractivity contribution in [3.8, 4) is 0 Å². The molecule has 114 valence electrons. The van der Waals surface area contributed by atoms with E-state index < -0.39 is 0 Å². The average molecular weight is 289 g/mol. The molecule has 1 aromatic heterocycles. The molecule has 21 heavy (non-hydrogen) atoms. The zero-order chi connectivity index (χ0) is 15.2. The molecule has 0 radical (unpaired) electrons. The molecule has 1 N–H and O–H groups in total. The molecule has 0 spiro atoms. The minimum atomic E-state index is -0.169. The normalized spacial score (nSPS) is 12.6. The quantitative estimate of drug-likeness (QED) is 0.849. The number of likely N-dealkylation sites (N-methyl/N-ethyl adjacent to an activating group) is 1. The summed E-state index contributed by atoms with van der Waals surface area (Å²) in [5.74, 6) is -0.169. The van der Waals surface area contributed by atoms with Crippen molar-refractivity contribution in [1.29, 1.82) is 0 Å². The minimum Gasteiger partial charge on any atom is -0.314 e. The number of aryl methyl sites for hydroxylation is 2. The van der Waals surface area contributed by atoms with Crippen LogP contribution < -0.4 is 5.32 Å². The third-order valence-corrected chi connectivity index (χ3v) is 3.60. The van der Waals surface area contributed by atoms with Crippen molar-refractivity contribution in [2.24, 2.45) is 0 Å². The fourth-order valence-corrected chi connectivity index (χ4v) is 2.74. The first-order valence-corrected chi connectivity index (χ1v) is 7.63. The summed E-state index contributed by atoms with van der Waals surface area (Å²) in [5.41, 5.74) is 3.31. The molecule has 0 aliphatic heterocycles. The molecular formula is C17H24FN3. The maximum absolute atomic E-state index is 13.3. The van der Waals surface area contributed by atoms with Crippen LogP contribution >= 0.6 is 0 Å². The summed E-state index contributed by atoms with van der Waals surface area (Å²) in [6.07, 6.45) is 1.72. The second kappa shape index (κ2) is 7.36. The van der Waals surface area contributed by atoms with Crippen molar-refractivity contribution in [2.45, 2.75) is 46.2 Å². The van der Waals surface area contributed by atoms with Crippen LogP contribution in [0.1, 0.15) is 30.8 Å².